The van der Waals surface area contributed by atoms with E-state index in [0.717, 1.165) is 38.0 Å². The second kappa shape index (κ2) is 27.5. The molecule has 3 heteroatoms. The molecule has 1 saturated heterocycles. The van der Waals surface area contributed by atoms with Crippen molar-refractivity contribution in [1.82, 2.24) is 0 Å². The van der Waals surface area contributed by atoms with Crippen LogP contribution in [0.25, 0.3) is 0 Å². The first kappa shape index (κ1) is 40.2. The fourth-order valence-electron chi connectivity index (χ4n) is 7.58. The number of esters is 2. The molecule has 1 fully saturated rings. The van der Waals surface area contributed by atoms with E-state index in [-0.39, 0.29) is 17.9 Å². The van der Waals surface area contributed by atoms with E-state index in [0.29, 0.717) is 0 Å². The predicted molar refractivity (Wildman–Crippen MR) is 186 cm³/mol. The maximum absolute atomic E-state index is 12.9. The van der Waals surface area contributed by atoms with Gasteiger partial charge in [-0.1, -0.05) is 207 Å². The highest BCUT2D eigenvalue weighted by atomic mass is 16.6. The highest BCUT2D eigenvalue weighted by Crippen LogP contribution is 2.46. The maximum atomic E-state index is 12.9. The average Bonchev–Trinajstić information content (AvgIpc) is 3.25. The van der Waals surface area contributed by atoms with E-state index in [1.165, 1.54) is 167 Å². The van der Waals surface area contributed by atoms with E-state index in [2.05, 4.69) is 27.7 Å². The van der Waals surface area contributed by atoms with Crippen molar-refractivity contribution in [3.05, 3.63) is 0 Å². The van der Waals surface area contributed by atoms with Crippen LogP contribution in [0, 0.1) is 17.3 Å². The number of carbonyl (C=O) groups is 2. The fraction of sp³-hybridized carbons (Fsp3) is 0.950. The molecule has 3 nitrogen and oxygen atoms in total. The first-order chi connectivity index (χ1) is 21.1. The highest BCUT2D eigenvalue weighted by molar-refractivity contribution is 5.99. The van der Waals surface area contributed by atoms with E-state index in [4.69, 9.17) is 4.74 Å². The standard InChI is InChI=1S/C40H76O3/c1-5-9-11-13-15-17-18-19-20-21-23-25-27-31-35-40(8-4)37(38(41)43-39(40)42)34-30-29-33-36(7-3)32-28-26-24-22-16-14-12-10-6-2/h36-37H,5-35H2,1-4H3. The van der Waals surface area contributed by atoms with Crippen molar-refractivity contribution in [1.29, 1.82) is 0 Å². The molecule has 1 aliphatic rings. The topological polar surface area (TPSA) is 43.4 Å². The van der Waals surface area contributed by atoms with Crippen LogP contribution in [-0.2, 0) is 14.3 Å². The Morgan fingerprint density at radius 1 is 0.535 bits per heavy atom. The van der Waals surface area contributed by atoms with Gasteiger partial charge in [-0.05, 0) is 25.2 Å². The van der Waals surface area contributed by atoms with Crippen molar-refractivity contribution in [2.45, 2.75) is 227 Å². The Labute approximate surface area is 269 Å². The molecule has 1 heterocycles. The Kier molecular flexibility index (Phi) is 25.6. The molecule has 0 N–H and O–H groups in total. The molecule has 43 heavy (non-hydrogen) atoms. The van der Waals surface area contributed by atoms with Gasteiger partial charge in [0.2, 0.25) is 0 Å². The molecule has 0 spiro atoms. The molecule has 0 aromatic heterocycles. The molecule has 3 atom stereocenters. The Hall–Kier alpha value is -0.860. The molecule has 3 unspecified atom stereocenters. The Bertz CT molecular complexity index is 658. The Morgan fingerprint density at radius 3 is 1.35 bits per heavy atom. The van der Waals surface area contributed by atoms with Crippen LogP contribution in [0.4, 0.5) is 0 Å². The van der Waals surface area contributed by atoms with E-state index in [9.17, 15) is 9.59 Å². The fourth-order valence-corrected chi connectivity index (χ4v) is 7.58. The summed E-state index contributed by atoms with van der Waals surface area (Å²) in [6.07, 6.45) is 39.7. The van der Waals surface area contributed by atoms with Crippen molar-refractivity contribution in [3.63, 3.8) is 0 Å². The molecule has 0 amide bonds. The van der Waals surface area contributed by atoms with Gasteiger partial charge in [0.25, 0.3) is 0 Å². The van der Waals surface area contributed by atoms with Crippen LogP contribution in [0.15, 0.2) is 0 Å². The summed E-state index contributed by atoms with van der Waals surface area (Å²) < 4.78 is 5.28. The minimum Gasteiger partial charge on any atom is -0.392 e. The van der Waals surface area contributed by atoms with Crippen molar-refractivity contribution in [2.24, 2.45) is 17.3 Å². The lowest BCUT2D eigenvalue weighted by atomic mass is 9.69. The summed E-state index contributed by atoms with van der Waals surface area (Å²) in [7, 11) is 0. The summed E-state index contributed by atoms with van der Waals surface area (Å²) in [6, 6.07) is 0. The third kappa shape index (κ3) is 18.0. The third-order valence-electron chi connectivity index (χ3n) is 10.8. The number of rotatable bonds is 32. The van der Waals surface area contributed by atoms with Crippen LogP contribution in [0.3, 0.4) is 0 Å². The summed E-state index contributed by atoms with van der Waals surface area (Å²) in [5.74, 6) is 0.132. The molecular formula is C40H76O3. The van der Waals surface area contributed by atoms with Gasteiger partial charge < -0.3 is 4.74 Å². The van der Waals surface area contributed by atoms with Gasteiger partial charge in [0, 0.05) is 0 Å². The van der Waals surface area contributed by atoms with Crippen LogP contribution in [0.2, 0.25) is 0 Å². The average molecular weight is 605 g/mol. The predicted octanol–water partition coefficient (Wildman–Crippen LogP) is 13.5. The number of cyclic esters (lactones) is 2. The van der Waals surface area contributed by atoms with Crippen molar-refractivity contribution >= 4 is 11.9 Å². The van der Waals surface area contributed by atoms with Gasteiger partial charge in [0.15, 0.2) is 0 Å². The minimum absolute atomic E-state index is 0.218. The molecule has 0 aromatic rings. The first-order valence-corrected chi connectivity index (χ1v) is 19.8. The minimum atomic E-state index is -0.561. The molecule has 254 valence electrons. The van der Waals surface area contributed by atoms with Gasteiger partial charge in [-0.3, -0.25) is 9.59 Å². The van der Waals surface area contributed by atoms with Gasteiger partial charge in [0.1, 0.15) is 0 Å². The smallest absolute Gasteiger partial charge is 0.320 e. The molecule has 0 saturated carbocycles. The molecule has 0 radical (unpaired) electrons. The number of unbranched alkanes of at least 4 members (excludes halogenated alkanes) is 22. The lowest BCUT2D eigenvalue weighted by molar-refractivity contribution is -0.155. The lowest BCUT2D eigenvalue weighted by Crippen LogP contribution is -2.33. The monoisotopic (exact) mass is 605 g/mol. The van der Waals surface area contributed by atoms with Crippen LogP contribution >= 0.6 is 0 Å². The number of carbonyl (C=O) groups excluding carboxylic acids is 2. The molecular weight excluding hydrogens is 528 g/mol. The van der Waals surface area contributed by atoms with E-state index in [1.54, 1.807) is 0 Å². The number of hydrogen-bond acceptors (Lipinski definition) is 3. The second-order valence-corrected chi connectivity index (χ2v) is 14.3. The van der Waals surface area contributed by atoms with E-state index in [1.807, 2.05) is 0 Å². The largest absolute Gasteiger partial charge is 0.392 e. The molecule has 1 aliphatic heterocycles. The normalized spacial score (nSPS) is 19.3. The Morgan fingerprint density at radius 2 is 0.930 bits per heavy atom. The SMILES string of the molecule is CCCCCCCCCCCCCCCCC1(CC)C(=O)OC(=O)C1CCCCC(CC)CCCCCCCCCCC. The molecule has 0 bridgehead atoms. The molecule has 1 rings (SSSR count). The zero-order valence-electron chi connectivity index (χ0n) is 29.8. The third-order valence-corrected chi connectivity index (χ3v) is 10.8. The van der Waals surface area contributed by atoms with Gasteiger partial charge in [0.05, 0.1) is 11.3 Å². The van der Waals surface area contributed by atoms with Crippen LogP contribution < -0.4 is 0 Å². The second-order valence-electron chi connectivity index (χ2n) is 14.3. The van der Waals surface area contributed by atoms with Crippen LogP contribution in [0.1, 0.15) is 227 Å². The van der Waals surface area contributed by atoms with Crippen LogP contribution in [0.5, 0.6) is 0 Å². The lowest BCUT2D eigenvalue weighted by Gasteiger charge is -2.28. The maximum Gasteiger partial charge on any atom is 0.320 e. The number of ether oxygens (including phenoxy) is 1. The summed E-state index contributed by atoms with van der Waals surface area (Å²) in [5, 5.41) is 0. The Balaban J connectivity index is 2.21. The zero-order chi connectivity index (χ0) is 31.4. The van der Waals surface area contributed by atoms with E-state index < -0.39 is 5.41 Å². The zero-order valence-corrected chi connectivity index (χ0v) is 29.8. The molecule has 0 aromatic carbocycles. The van der Waals surface area contributed by atoms with Crippen molar-refractivity contribution < 1.29 is 14.3 Å². The molecule has 0 aliphatic carbocycles. The van der Waals surface area contributed by atoms with Gasteiger partial charge in [-0.25, -0.2) is 0 Å². The van der Waals surface area contributed by atoms with Crippen molar-refractivity contribution in [2.75, 3.05) is 0 Å². The van der Waals surface area contributed by atoms with Gasteiger partial charge in [-0.2, -0.15) is 0 Å². The summed E-state index contributed by atoms with van der Waals surface area (Å²) in [5.41, 5.74) is -0.561. The highest BCUT2D eigenvalue weighted by Gasteiger charge is 2.55. The summed E-state index contributed by atoms with van der Waals surface area (Å²) >= 11 is 0. The van der Waals surface area contributed by atoms with Gasteiger partial charge in [-0.15, -0.1) is 0 Å². The van der Waals surface area contributed by atoms with Crippen LogP contribution in [-0.4, -0.2) is 11.9 Å². The first-order valence-electron chi connectivity index (χ1n) is 19.8. The quantitative estimate of drug-likeness (QED) is 0.0436. The van der Waals surface area contributed by atoms with Crippen molar-refractivity contribution in [3.8, 4) is 0 Å². The summed E-state index contributed by atoms with van der Waals surface area (Å²) in [4.78, 5) is 25.7. The van der Waals surface area contributed by atoms with E-state index >= 15 is 0 Å². The summed E-state index contributed by atoms with van der Waals surface area (Å²) in [6.45, 7) is 9.00. The number of hydrogen-bond donors (Lipinski definition) is 0. The van der Waals surface area contributed by atoms with Gasteiger partial charge >= 0.3 is 11.9 Å².